The van der Waals surface area contributed by atoms with Crippen molar-refractivity contribution in [1.82, 2.24) is 10.6 Å². The molecule has 0 aromatic carbocycles. The van der Waals surface area contributed by atoms with Gasteiger partial charge < -0.3 is 15.7 Å². The summed E-state index contributed by atoms with van der Waals surface area (Å²) in [6, 6.07) is 0.246. The van der Waals surface area contributed by atoms with Gasteiger partial charge in [-0.3, -0.25) is 4.79 Å². The Morgan fingerprint density at radius 3 is 2.93 bits per heavy atom. The number of hydrogen-bond acceptors (Lipinski definition) is 3. The minimum atomic E-state index is -0.636. The zero-order chi connectivity index (χ0) is 10.6. The van der Waals surface area contributed by atoms with Gasteiger partial charge in [-0.2, -0.15) is 0 Å². The molecule has 0 spiro atoms. The Balaban J connectivity index is 2.12. The molecule has 4 heteroatoms. The first-order chi connectivity index (χ1) is 6.53. The van der Waals surface area contributed by atoms with E-state index in [0.29, 0.717) is 13.0 Å². The summed E-state index contributed by atoms with van der Waals surface area (Å²) >= 11 is 0. The van der Waals surface area contributed by atoms with Crippen LogP contribution in [0.15, 0.2) is 0 Å². The average molecular weight is 200 g/mol. The quantitative estimate of drug-likeness (QED) is 0.586. The summed E-state index contributed by atoms with van der Waals surface area (Å²) in [6.45, 7) is 5.10. The highest BCUT2D eigenvalue weighted by atomic mass is 16.3. The van der Waals surface area contributed by atoms with E-state index >= 15 is 0 Å². The fraction of sp³-hybridized carbons (Fsp3) is 0.900. The summed E-state index contributed by atoms with van der Waals surface area (Å²) < 4.78 is 0. The summed E-state index contributed by atoms with van der Waals surface area (Å²) in [6.07, 6.45) is 2.27. The highest BCUT2D eigenvalue weighted by molar-refractivity contribution is 5.78. The molecule has 1 saturated heterocycles. The molecule has 0 radical (unpaired) electrons. The molecule has 2 atom stereocenters. The molecule has 82 valence electrons. The minimum Gasteiger partial charge on any atom is -0.389 e. The van der Waals surface area contributed by atoms with Gasteiger partial charge in [0.05, 0.1) is 5.60 Å². The predicted octanol–water partition coefficient (Wildman–Crippen LogP) is 0.0156. The van der Waals surface area contributed by atoms with Crippen LogP contribution in [-0.4, -0.2) is 35.7 Å². The highest BCUT2D eigenvalue weighted by Gasteiger charge is 2.22. The van der Waals surface area contributed by atoms with E-state index in [2.05, 4.69) is 10.6 Å². The van der Waals surface area contributed by atoms with E-state index in [-0.39, 0.29) is 11.9 Å². The van der Waals surface area contributed by atoms with Gasteiger partial charge in [0, 0.05) is 25.6 Å². The van der Waals surface area contributed by atoms with Gasteiger partial charge >= 0.3 is 0 Å². The molecule has 1 rings (SSSR count). The Hall–Kier alpha value is -0.610. The van der Waals surface area contributed by atoms with Crippen LogP contribution in [0, 0.1) is 0 Å². The van der Waals surface area contributed by atoms with E-state index in [9.17, 15) is 9.90 Å². The smallest absolute Gasteiger partial charge is 0.220 e. The van der Waals surface area contributed by atoms with Crippen molar-refractivity contribution >= 4 is 5.91 Å². The number of aliphatic hydroxyl groups is 1. The third kappa shape index (κ3) is 3.64. The summed E-state index contributed by atoms with van der Waals surface area (Å²) in [7, 11) is 0. The first-order valence-corrected chi connectivity index (χ1v) is 5.26. The predicted molar refractivity (Wildman–Crippen MR) is 54.9 cm³/mol. The first kappa shape index (κ1) is 11.5. The van der Waals surface area contributed by atoms with E-state index in [1.807, 2.05) is 13.8 Å². The lowest BCUT2D eigenvalue weighted by atomic mass is 10.0. The van der Waals surface area contributed by atoms with E-state index in [1.54, 1.807) is 0 Å². The summed E-state index contributed by atoms with van der Waals surface area (Å²) in [4.78, 5) is 10.9. The lowest BCUT2D eigenvalue weighted by Gasteiger charge is -2.22. The molecule has 0 bridgehead atoms. The molecule has 0 aromatic rings. The molecular weight excluding hydrogens is 180 g/mol. The van der Waals surface area contributed by atoms with Crippen molar-refractivity contribution in [1.29, 1.82) is 0 Å². The van der Waals surface area contributed by atoms with Crippen molar-refractivity contribution in [2.75, 3.05) is 13.1 Å². The van der Waals surface area contributed by atoms with Crippen LogP contribution < -0.4 is 10.6 Å². The number of amides is 1. The molecule has 0 aliphatic carbocycles. The van der Waals surface area contributed by atoms with Crippen LogP contribution in [-0.2, 0) is 4.79 Å². The van der Waals surface area contributed by atoms with Crippen molar-refractivity contribution in [2.45, 2.75) is 44.8 Å². The molecular formula is C10H20N2O2. The van der Waals surface area contributed by atoms with E-state index in [0.717, 1.165) is 19.4 Å². The average Bonchev–Trinajstić information content (AvgIpc) is 2.51. The van der Waals surface area contributed by atoms with E-state index in [4.69, 9.17) is 0 Å². The van der Waals surface area contributed by atoms with Crippen molar-refractivity contribution in [3.8, 4) is 0 Å². The van der Waals surface area contributed by atoms with Crippen LogP contribution in [0.3, 0.4) is 0 Å². The van der Waals surface area contributed by atoms with Crippen LogP contribution in [0.5, 0.6) is 0 Å². The Labute approximate surface area is 85.1 Å². The van der Waals surface area contributed by atoms with Crippen LogP contribution in [0.4, 0.5) is 0 Å². The third-order valence-corrected chi connectivity index (χ3v) is 2.74. The Morgan fingerprint density at radius 2 is 2.43 bits per heavy atom. The first-order valence-electron chi connectivity index (χ1n) is 5.26. The Bertz CT molecular complexity index is 204. The normalized spacial score (nSPS) is 25.9. The van der Waals surface area contributed by atoms with Gasteiger partial charge in [0.2, 0.25) is 5.91 Å². The molecule has 4 nitrogen and oxygen atoms in total. The van der Waals surface area contributed by atoms with Crippen LogP contribution in [0.2, 0.25) is 0 Å². The molecule has 1 aliphatic rings. The van der Waals surface area contributed by atoms with Gasteiger partial charge in [-0.05, 0) is 19.8 Å². The standard InChI is InChI=1S/C10H20N2O2/c1-3-10(2,14)7-11-6-8-4-5-9(13)12-8/h8,11,14H,3-7H2,1-2H3,(H,12,13). The largest absolute Gasteiger partial charge is 0.389 e. The summed E-state index contributed by atoms with van der Waals surface area (Å²) in [5.74, 6) is 0.138. The third-order valence-electron chi connectivity index (χ3n) is 2.74. The maximum atomic E-state index is 10.9. The van der Waals surface area contributed by atoms with E-state index < -0.39 is 5.60 Å². The second-order valence-corrected chi connectivity index (χ2v) is 4.28. The zero-order valence-corrected chi connectivity index (χ0v) is 8.97. The SMILES string of the molecule is CCC(C)(O)CNCC1CCC(=O)N1. The van der Waals surface area contributed by atoms with Crippen LogP contribution in [0.1, 0.15) is 33.1 Å². The van der Waals surface area contributed by atoms with E-state index in [1.165, 1.54) is 0 Å². The molecule has 1 heterocycles. The van der Waals surface area contributed by atoms with Gasteiger partial charge in [-0.15, -0.1) is 0 Å². The molecule has 0 saturated carbocycles. The van der Waals surface area contributed by atoms with Gasteiger partial charge in [0.1, 0.15) is 0 Å². The monoisotopic (exact) mass is 200 g/mol. The minimum absolute atomic E-state index is 0.138. The summed E-state index contributed by atoms with van der Waals surface area (Å²) in [5, 5.41) is 15.7. The molecule has 14 heavy (non-hydrogen) atoms. The fourth-order valence-electron chi connectivity index (χ4n) is 1.47. The number of nitrogens with one attached hydrogen (secondary N) is 2. The molecule has 0 aromatic heterocycles. The van der Waals surface area contributed by atoms with Crippen LogP contribution in [0.25, 0.3) is 0 Å². The second kappa shape index (κ2) is 4.75. The molecule has 1 aliphatic heterocycles. The lowest BCUT2D eigenvalue weighted by molar-refractivity contribution is -0.119. The zero-order valence-electron chi connectivity index (χ0n) is 8.97. The fourth-order valence-corrected chi connectivity index (χ4v) is 1.47. The van der Waals surface area contributed by atoms with Crippen molar-refractivity contribution < 1.29 is 9.90 Å². The van der Waals surface area contributed by atoms with Gasteiger partial charge in [0.25, 0.3) is 0 Å². The van der Waals surface area contributed by atoms with Crippen molar-refractivity contribution in [3.05, 3.63) is 0 Å². The molecule has 1 amide bonds. The highest BCUT2D eigenvalue weighted by Crippen LogP contribution is 2.08. The van der Waals surface area contributed by atoms with Crippen molar-refractivity contribution in [3.63, 3.8) is 0 Å². The van der Waals surface area contributed by atoms with Crippen LogP contribution >= 0.6 is 0 Å². The number of carbonyl (C=O) groups excluding carboxylic acids is 1. The molecule has 3 N–H and O–H groups in total. The van der Waals surface area contributed by atoms with Gasteiger partial charge in [-0.25, -0.2) is 0 Å². The Morgan fingerprint density at radius 1 is 1.71 bits per heavy atom. The maximum Gasteiger partial charge on any atom is 0.220 e. The summed E-state index contributed by atoms with van der Waals surface area (Å²) in [5.41, 5.74) is -0.636. The second-order valence-electron chi connectivity index (χ2n) is 4.28. The molecule has 1 fully saturated rings. The van der Waals surface area contributed by atoms with Gasteiger partial charge in [0.15, 0.2) is 0 Å². The van der Waals surface area contributed by atoms with Crippen molar-refractivity contribution in [2.24, 2.45) is 0 Å². The lowest BCUT2D eigenvalue weighted by Crippen LogP contribution is -2.42. The number of carbonyl (C=O) groups is 1. The molecule has 2 unspecified atom stereocenters. The maximum absolute atomic E-state index is 10.9. The topological polar surface area (TPSA) is 61.4 Å². The Kier molecular flexibility index (Phi) is 3.89. The number of hydrogen-bond donors (Lipinski definition) is 3. The van der Waals surface area contributed by atoms with Gasteiger partial charge in [-0.1, -0.05) is 6.92 Å². The number of rotatable bonds is 5.